The number of carbonyl (C=O) groups is 3. The Bertz CT molecular complexity index is 1260. The molecule has 0 aromatic carbocycles. The molecule has 0 saturated carbocycles. The maximum atomic E-state index is 12.9. The summed E-state index contributed by atoms with van der Waals surface area (Å²) in [5.41, 5.74) is 0. The van der Waals surface area contributed by atoms with Gasteiger partial charge in [-0.1, -0.05) is 353 Å². The first kappa shape index (κ1) is 75.9. The molecule has 6 heteroatoms. The van der Waals surface area contributed by atoms with Crippen LogP contribution in [0.5, 0.6) is 0 Å². The highest BCUT2D eigenvalue weighted by atomic mass is 16.6. The molecule has 0 bridgehead atoms. The van der Waals surface area contributed by atoms with Gasteiger partial charge < -0.3 is 14.2 Å². The lowest BCUT2D eigenvalue weighted by Crippen LogP contribution is -2.30. The molecule has 0 amide bonds. The monoisotopic (exact) mass is 1100 g/mol. The first-order valence-corrected chi connectivity index (χ1v) is 35.3. The van der Waals surface area contributed by atoms with Crippen molar-refractivity contribution in [1.82, 2.24) is 0 Å². The SMILES string of the molecule is CCCCC/C=C\C/C=C\CCCCCCCCCCCC(=O)OC(COC(=O)CCCCCCCCCCCCCCCCCCC)COC(=O)CCCCCCCCCCCCCCCCCCCCCCCCCC. The van der Waals surface area contributed by atoms with Gasteiger partial charge in [0.1, 0.15) is 13.2 Å². The molecule has 0 spiro atoms. The summed E-state index contributed by atoms with van der Waals surface area (Å²) in [6.45, 7) is 6.70. The number of hydrogen-bond acceptors (Lipinski definition) is 6. The summed E-state index contributed by atoms with van der Waals surface area (Å²) in [7, 11) is 0. The molecule has 0 N–H and O–H groups in total. The maximum Gasteiger partial charge on any atom is 0.306 e. The van der Waals surface area contributed by atoms with Crippen molar-refractivity contribution in [1.29, 1.82) is 0 Å². The van der Waals surface area contributed by atoms with Gasteiger partial charge in [0.25, 0.3) is 0 Å². The van der Waals surface area contributed by atoms with Gasteiger partial charge in [-0.15, -0.1) is 0 Å². The second-order valence-corrected chi connectivity index (χ2v) is 24.2. The van der Waals surface area contributed by atoms with Crippen LogP contribution in [0.3, 0.4) is 0 Å². The quantitative estimate of drug-likeness (QED) is 0.0261. The molecule has 0 aromatic rings. The minimum absolute atomic E-state index is 0.0663. The second-order valence-electron chi connectivity index (χ2n) is 24.2. The molecule has 0 heterocycles. The number of unbranched alkanes of at least 4 members (excludes halogenated alkanes) is 51. The summed E-state index contributed by atoms with van der Waals surface area (Å²) in [4.78, 5) is 38.5. The molecule has 0 saturated heterocycles. The summed E-state index contributed by atoms with van der Waals surface area (Å²) in [6.07, 6.45) is 82.0. The van der Waals surface area contributed by atoms with E-state index < -0.39 is 6.10 Å². The third kappa shape index (κ3) is 64.7. The number of hydrogen-bond donors (Lipinski definition) is 0. The average Bonchev–Trinajstić information content (AvgIpc) is 3.44. The van der Waals surface area contributed by atoms with Crippen molar-refractivity contribution in [3.8, 4) is 0 Å². The summed E-state index contributed by atoms with van der Waals surface area (Å²) in [6, 6.07) is 0. The van der Waals surface area contributed by atoms with Crippen molar-refractivity contribution in [2.45, 2.75) is 406 Å². The summed E-state index contributed by atoms with van der Waals surface area (Å²) in [5.74, 6) is -0.836. The van der Waals surface area contributed by atoms with Crippen LogP contribution in [0, 0.1) is 0 Å². The third-order valence-corrected chi connectivity index (χ3v) is 16.2. The fraction of sp³-hybridized carbons (Fsp3) is 0.903. The van der Waals surface area contributed by atoms with Gasteiger partial charge in [-0.05, 0) is 51.4 Å². The molecular weight excluding hydrogens is 961 g/mol. The van der Waals surface area contributed by atoms with Gasteiger partial charge >= 0.3 is 17.9 Å². The molecule has 0 aromatic heterocycles. The van der Waals surface area contributed by atoms with E-state index in [4.69, 9.17) is 14.2 Å². The van der Waals surface area contributed by atoms with Gasteiger partial charge in [0, 0.05) is 19.3 Å². The number of carbonyl (C=O) groups excluding carboxylic acids is 3. The number of allylic oxidation sites excluding steroid dienone is 4. The van der Waals surface area contributed by atoms with E-state index in [-0.39, 0.29) is 31.1 Å². The van der Waals surface area contributed by atoms with Crippen LogP contribution in [-0.2, 0) is 28.6 Å². The Morgan fingerprint density at radius 2 is 0.462 bits per heavy atom. The Hall–Kier alpha value is -2.11. The van der Waals surface area contributed by atoms with E-state index in [0.717, 1.165) is 64.2 Å². The maximum absolute atomic E-state index is 12.9. The van der Waals surface area contributed by atoms with Crippen molar-refractivity contribution >= 4 is 17.9 Å². The zero-order valence-electron chi connectivity index (χ0n) is 53.0. The molecule has 0 aliphatic heterocycles. The molecule has 6 nitrogen and oxygen atoms in total. The molecule has 78 heavy (non-hydrogen) atoms. The van der Waals surface area contributed by atoms with E-state index in [9.17, 15) is 14.4 Å². The largest absolute Gasteiger partial charge is 0.462 e. The van der Waals surface area contributed by atoms with Crippen LogP contribution >= 0.6 is 0 Å². The van der Waals surface area contributed by atoms with E-state index in [1.165, 1.54) is 295 Å². The van der Waals surface area contributed by atoms with Crippen molar-refractivity contribution in [2.75, 3.05) is 13.2 Å². The minimum Gasteiger partial charge on any atom is -0.462 e. The predicted molar refractivity (Wildman–Crippen MR) is 340 cm³/mol. The lowest BCUT2D eigenvalue weighted by Gasteiger charge is -2.18. The fourth-order valence-electron chi connectivity index (χ4n) is 10.9. The number of rotatable bonds is 66. The first-order chi connectivity index (χ1) is 38.5. The van der Waals surface area contributed by atoms with Crippen LogP contribution in [0.15, 0.2) is 24.3 Å². The molecule has 0 radical (unpaired) electrons. The molecule has 1 unspecified atom stereocenters. The lowest BCUT2D eigenvalue weighted by atomic mass is 10.0. The van der Waals surface area contributed by atoms with Gasteiger partial charge in [0.2, 0.25) is 0 Å². The predicted octanol–water partition coefficient (Wildman–Crippen LogP) is 24.2. The first-order valence-electron chi connectivity index (χ1n) is 35.3. The zero-order valence-corrected chi connectivity index (χ0v) is 53.0. The van der Waals surface area contributed by atoms with E-state index in [1.54, 1.807) is 0 Å². The molecule has 0 aliphatic carbocycles. The average molecular weight is 1100 g/mol. The Morgan fingerprint density at radius 3 is 0.731 bits per heavy atom. The van der Waals surface area contributed by atoms with Crippen molar-refractivity contribution in [3.63, 3.8) is 0 Å². The Labute approximate surface area is 487 Å². The Balaban J connectivity index is 4.27. The van der Waals surface area contributed by atoms with Crippen LogP contribution in [0.1, 0.15) is 400 Å². The highest BCUT2D eigenvalue weighted by Gasteiger charge is 2.19. The standard InChI is InChI=1S/C72H136O6/c1-4-7-10-13-16-19-22-25-28-31-33-34-35-36-37-39-41-44-47-50-53-56-59-62-65-71(74)77-68-69(67-76-70(73)64-61-58-55-52-49-46-43-40-30-27-24-21-18-15-12-9-6-3)78-72(75)66-63-60-57-54-51-48-45-42-38-32-29-26-23-20-17-14-11-8-5-2/h17,20,26,29,69H,4-16,18-19,21-25,27-28,30-68H2,1-3H3/b20-17-,29-26-. The summed E-state index contributed by atoms with van der Waals surface area (Å²) < 4.78 is 17.0. The Kier molecular flexibility index (Phi) is 65.6. The van der Waals surface area contributed by atoms with Crippen LogP contribution in [0.4, 0.5) is 0 Å². The van der Waals surface area contributed by atoms with Crippen LogP contribution in [-0.4, -0.2) is 37.2 Å². The van der Waals surface area contributed by atoms with Crippen LogP contribution < -0.4 is 0 Å². The number of esters is 3. The minimum atomic E-state index is -0.771. The summed E-state index contributed by atoms with van der Waals surface area (Å²) in [5, 5.41) is 0. The van der Waals surface area contributed by atoms with Crippen molar-refractivity contribution < 1.29 is 28.6 Å². The fourth-order valence-corrected chi connectivity index (χ4v) is 10.9. The molecule has 0 aliphatic rings. The van der Waals surface area contributed by atoms with Gasteiger partial charge in [0.15, 0.2) is 6.10 Å². The van der Waals surface area contributed by atoms with Gasteiger partial charge in [-0.3, -0.25) is 14.4 Å². The van der Waals surface area contributed by atoms with Crippen LogP contribution in [0.2, 0.25) is 0 Å². The van der Waals surface area contributed by atoms with Crippen molar-refractivity contribution in [3.05, 3.63) is 24.3 Å². The van der Waals surface area contributed by atoms with E-state index in [2.05, 4.69) is 45.1 Å². The third-order valence-electron chi connectivity index (χ3n) is 16.2. The smallest absolute Gasteiger partial charge is 0.306 e. The lowest BCUT2D eigenvalue weighted by molar-refractivity contribution is -0.167. The second kappa shape index (κ2) is 67.4. The van der Waals surface area contributed by atoms with E-state index in [0.29, 0.717) is 19.3 Å². The van der Waals surface area contributed by atoms with E-state index in [1.807, 2.05) is 0 Å². The summed E-state index contributed by atoms with van der Waals surface area (Å²) >= 11 is 0. The van der Waals surface area contributed by atoms with Gasteiger partial charge in [0.05, 0.1) is 0 Å². The van der Waals surface area contributed by atoms with Crippen LogP contribution in [0.25, 0.3) is 0 Å². The van der Waals surface area contributed by atoms with Gasteiger partial charge in [-0.2, -0.15) is 0 Å². The topological polar surface area (TPSA) is 78.9 Å². The van der Waals surface area contributed by atoms with Crippen molar-refractivity contribution in [2.24, 2.45) is 0 Å². The molecule has 1 atom stereocenters. The highest BCUT2D eigenvalue weighted by Crippen LogP contribution is 2.19. The molecule has 460 valence electrons. The zero-order chi connectivity index (χ0) is 56.4. The Morgan fingerprint density at radius 1 is 0.256 bits per heavy atom. The van der Waals surface area contributed by atoms with Gasteiger partial charge in [-0.25, -0.2) is 0 Å². The molecular formula is C72H136O6. The molecule has 0 fully saturated rings. The normalized spacial score (nSPS) is 12.1. The van der Waals surface area contributed by atoms with E-state index >= 15 is 0 Å². The molecule has 0 rings (SSSR count). The number of ether oxygens (including phenoxy) is 3. The highest BCUT2D eigenvalue weighted by molar-refractivity contribution is 5.71.